The monoisotopic (exact) mass is 265 g/mol. The Morgan fingerprint density at radius 3 is 2.19 bits per heavy atom. The van der Waals surface area contributed by atoms with E-state index in [9.17, 15) is 4.79 Å². The van der Waals surface area contributed by atoms with Crippen LogP contribution >= 0.6 is 24.2 Å². The van der Waals surface area contributed by atoms with Crippen molar-refractivity contribution in [3.05, 3.63) is 0 Å². The van der Waals surface area contributed by atoms with Gasteiger partial charge in [-0.25, -0.2) is 0 Å². The van der Waals surface area contributed by atoms with E-state index < -0.39 is 0 Å². The predicted octanol–water partition coefficient (Wildman–Crippen LogP) is 1.83. The van der Waals surface area contributed by atoms with E-state index in [1.165, 1.54) is 19.3 Å². The van der Waals surface area contributed by atoms with Crippen LogP contribution in [0.1, 0.15) is 32.1 Å². The molecule has 0 bridgehead atoms. The molecule has 0 spiro atoms. The summed E-state index contributed by atoms with van der Waals surface area (Å²) < 4.78 is 0. The predicted molar refractivity (Wildman–Crippen MR) is 71.3 cm³/mol. The molecule has 0 aliphatic carbocycles. The quantitative estimate of drug-likeness (QED) is 0.591. The van der Waals surface area contributed by atoms with Crippen LogP contribution in [0.4, 0.5) is 0 Å². The first-order valence-corrected chi connectivity index (χ1v) is 6.43. The molecule has 0 radical (unpaired) electrons. The van der Waals surface area contributed by atoms with E-state index in [2.05, 4.69) is 0 Å². The van der Waals surface area contributed by atoms with Gasteiger partial charge < -0.3 is 10.6 Å². The van der Waals surface area contributed by atoms with Gasteiger partial charge in [0, 0.05) is 13.1 Å². The van der Waals surface area contributed by atoms with Gasteiger partial charge in [-0.2, -0.15) is 0 Å². The molecule has 4 nitrogen and oxygen atoms in total. The Morgan fingerprint density at radius 1 is 1.19 bits per heavy atom. The molecule has 0 aromatic rings. The maximum atomic E-state index is 11.7. The fourth-order valence-corrected chi connectivity index (χ4v) is 2.19. The van der Waals surface area contributed by atoms with Crippen LogP contribution in [0, 0.1) is 5.41 Å². The second kappa shape index (κ2) is 8.70. The van der Waals surface area contributed by atoms with Gasteiger partial charge in [-0.1, -0.05) is 31.0 Å². The van der Waals surface area contributed by atoms with Crippen molar-refractivity contribution in [3.63, 3.8) is 0 Å². The van der Waals surface area contributed by atoms with E-state index in [1.54, 1.807) is 0 Å². The van der Waals surface area contributed by atoms with Crippen molar-refractivity contribution >= 4 is 35.2 Å². The topological polar surface area (TPSA) is 70.2 Å². The van der Waals surface area contributed by atoms with Crippen molar-refractivity contribution in [1.82, 2.24) is 4.90 Å². The van der Waals surface area contributed by atoms with Crippen molar-refractivity contribution < 1.29 is 4.79 Å². The maximum absolute atomic E-state index is 11.7. The fraction of sp³-hybridized carbons (Fsp3) is 0.800. The number of nitrogens with two attached hydrogens (primary N) is 1. The van der Waals surface area contributed by atoms with Crippen molar-refractivity contribution in [2.24, 2.45) is 5.73 Å². The second-order valence-electron chi connectivity index (χ2n) is 3.80. The van der Waals surface area contributed by atoms with Gasteiger partial charge in [0.05, 0.1) is 5.75 Å². The SMILES string of the molecule is Cl.N=C(N)SCC(=O)N1CCCCCCC1. The lowest BCUT2D eigenvalue weighted by molar-refractivity contribution is -0.128. The van der Waals surface area contributed by atoms with Gasteiger partial charge in [0.25, 0.3) is 0 Å². The average Bonchev–Trinajstić information content (AvgIpc) is 2.13. The smallest absolute Gasteiger partial charge is 0.233 e. The molecule has 1 amide bonds. The van der Waals surface area contributed by atoms with Crippen molar-refractivity contribution in [2.75, 3.05) is 18.8 Å². The minimum absolute atomic E-state index is 0. The number of nitrogens with zero attached hydrogens (tertiary/aromatic N) is 1. The lowest BCUT2D eigenvalue weighted by Crippen LogP contribution is -2.35. The summed E-state index contributed by atoms with van der Waals surface area (Å²) in [4.78, 5) is 13.6. The van der Waals surface area contributed by atoms with Crippen LogP contribution in [0.5, 0.6) is 0 Å². The number of carbonyl (C=O) groups is 1. The molecule has 0 atom stereocenters. The Balaban J connectivity index is 0.00000225. The Kier molecular flexibility index (Phi) is 8.47. The molecule has 0 saturated carbocycles. The summed E-state index contributed by atoms with van der Waals surface area (Å²) in [6, 6.07) is 0. The first kappa shape index (κ1) is 15.6. The minimum atomic E-state index is 0. The van der Waals surface area contributed by atoms with Gasteiger partial charge in [-0.05, 0) is 12.8 Å². The van der Waals surface area contributed by atoms with Crippen molar-refractivity contribution in [2.45, 2.75) is 32.1 Å². The summed E-state index contributed by atoms with van der Waals surface area (Å²) in [5, 5.41) is 7.07. The molecular weight excluding hydrogens is 246 g/mol. The summed E-state index contributed by atoms with van der Waals surface area (Å²) in [6.07, 6.45) is 5.96. The molecule has 6 heteroatoms. The number of carbonyl (C=O) groups excluding carboxylic acids is 1. The van der Waals surface area contributed by atoms with Gasteiger partial charge in [-0.3, -0.25) is 10.2 Å². The normalized spacial score (nSPS) is 16.9. The van der Waals surface area contributed by atoms with E-state index in [0.717, 1.165) is 37.7 Å². The number of nitrogens with one attached hydrogen (secondary N) is 1. The second-order valence-corrected chi connectivity index (χ2v) is 4.82. The average molecular weight is 266 g/mol. The molecule has 1 fully saturated rings. The summed E-state index contributed by atoms with van der Waals surface area (Å²) in [7, 11) is 0. The van der Waals surface area contributed by atoms with E-state index in [1.807, 2.05) is 4.90 Å². The van der Waals surface area contributed by atoms with E-state index >= 15 is 0 Å². The van der Waals surface area contributed by atoms with Crippen LogP contribution in [0.3, 0.4) is 0 Å². The molecular formula is C10H20ClN3OS. The van der Waals surface area contributed by atoms with Crippen LogP contribution in [-0.4, -0.2) is 34.8 Å². The largest absolute Gasteiger partial charge is 0.379 e. The van der Waals surface area contributed by atoms with Gasteiger partial charge >= 0.3 is 0 Å². The number of halogens is 1. The molecule has 1 aliphatic rings. The number of thioether (sulfide) groups is 1. The molecule has 0 aromatic carbocycles. The maximum Gasteiger partial charge on any atom is 0.233 e. The summed E-state index contributed by atoms with van der Waals surface area (Å²) in [6.45, 7) is 1.74. The number of amidine groups is 1. The molecule has 0 unspecified atom stereocenters. The highest BCUT2D eigenvalue weighted by molar-refractivity contribution is 8.14. The number of likely N-dealkylation sites (tertiary alicyclic amines) is 1. The molecule has 94 valence electrons. The minimum Gasteiger partial charge on any atom is -0.379 e. The summed E-state index contributed by atoms with van der Waals surface area (Å²) in [5.74, 6) is 0.437. The lowest BCUT2D eigenvalue weighted by Gasteiger charge is -2.24. The highest BCUT2D eigenvalue weighted by Gasteiger charge is 2.14. The zero-order valence-corrected chi connectivity index (χ0v) is 11.0. The molecule has 3 N–H and O–H groups in total. The van der Waals surface area contributed by atoms with Crippen LogP contribution in [0.2, 0.25) is 0 Å². The number of amides is 1. The first-order chi connectivity index (χ1) is 7.20. The van der Waals surface area contributed by atoms with Crippen molar-refractivity contribution in [1.29, 1.82) is 5.41 Å². The summed E-state index contributed by atoms with van der Waals surface area (Å²) in [5.41, 5.74) is 5.20. The molecule has 1 saturated heterocycles. The highest BCUT2D eigenvalue weighted by Crippen LogP contribution is 2.11. The molecule has 1 rings (SSSR count). The Hall–Kier alpha value is -0.420. The Bertz CT molecular complexity index is 230. The van der Waals surface area contributed by atoms with Gasteiger partial charge in [-0.15, -0.1) is 12.4 Å². The van der Waals surface area contributed by atoms with E-state index in [4.69, 9.17) is 11.1 Å². The Morgan fingerprint density at radius 2 is 1.69 bits per heavy atom. The van der Waals surface area contributed by atoms with E-state index in [0.29, 0.717) is 5.75 Å². The number of hydrogen-bond donors (Lipinski definition) is 2. The van der Waals surface area contributed by atoms with E-state index in [-0.39, 0.29) is 23.5 Å². The van der Waals surface area contributed by atoms with Crippen LogP contribution < -0.4 is 5.73 Å². The lowest BCUT2D eigenvalue weighted by atomic mass is 10.1. The fourth-order valence-electron chi connectivity index (χ4n) is 1.73. The molecule has 1 heterocycles. The molecule has 16 heavy (non-hydrogen) atoms. The third kappa shape index (κ3) is 6.23. The molecule has 1 aliphatic heterocycles. The van der Waals surface area contributed by atoms with Crippen LogP contribution in [0.25, 0.3) is 0 Å². The number of rotatable bonds is 2. The van der Waals surface area contributed by atoms with Gasteiger partial charge in [0.15, 0.2) is 5.17 Å². The summed E-state index contributed by atoms with van der Waals surface area (Å²) >= 11 is 1.11. The standard InChI is InChI=1S/C10H19N3OS.ClH/c11-10(12)15-8-9(14)13-6-4-2-1-3-5-7-13;/h1-8H2,(H3,11,12);1H. The van der Waals surface area contributed by atoms with Gasteiger partial charge in [0.1, 0.15) is 0 Å². The third-order valence-corrected chi connectivity index (χ3v) is 3.26. The highest BCUT2D eigenvalue weighted by atomic mass is 35.5. The third-order valence-electron chi connectivity index (χ3n) is 2.56. The van der Waals surface area contributed by atoms with Crippen LogP contribution in [0.15, 0.2) is 0 Å². The zero-order valence-electron chi connectivity index (χ0n) is 9.41. The Labute approximate surface area is 107 Å². The number of hydrogen-bond acceptors (Lipinski definition) is 3. The van der Waals surface area contributed by atoms with Crippen molar-refractivity contribution in [3.8, 4) is 0 Å². The first-order valence-electron chi connectivity index (χ1n) is 5.45. The zero-order chi connectivity index (χ0) is 11.1. The molecule has 0 aromatic heterocycles. The van der Waals surface area contributed by atoms with Gasteiger partial charge in [0.2, 0.25) is 5.91 Å². The van der Waals surface area contributed by atoms with Crippen LogP contribution in [-0.2, 0) is 4.79 Å².